The molecule has 0 radical (unpaired) electrons. The zero-order valence-electron chi connectivity index (χ0n) is 14.1. The van der Waals surface area contributed by atoms with Gasteiger partial charge in [0.2, 0.25) is 0 Å². The molecule has 0 atom stereocenters. The molecule has 0 saturated carbocycles. The topological polar surface area (TPSA) is 69.2 Å². The van der Waals surface area contributed by atoms with Crippen LogP contribution in [0.2, 0.25) is 0 Å². The van der Waals surface area contributed by atoms with Crippen molar-refractivity contribution >= 4 is 28.1 Å². The Hall–Kier alpha value is -1.95. The van der Waals surface area contributed by atoms with Crippen LogP contribution in [0.4, 0.5) is 13.2 Å². The van der Waals surface area contributed by atoms with Crippen molar-refractivity contribution in [2.45, 2.75) is 40.0 Å². The highest BCUT2D eigenvalue weighted by atomic mass is 79.9. The second kappa shape index (κ2) is 6.65. The van der Waals surface area contributed by atoms with Crippen LogP contribution in [0.5, 0.6) is 0 Å². The molecule has 140 valence electrons. The van der Waals surface area contributed by atoms with Crippen LogP contribution in [0, 0.1) is 18.6 Å². The van der Waals surface area contributed by atoms with Crippen LogP contribution in [0.15, 0.2) is 10.7 Å². The minimum Gasteiger partial charge on any atom is -0.268 e. The summed E-state index contributed by atoms with van der Waals surface area (Å²) in [6.45, 7) is 6.11. The van der Waals surface area contributed by atoms with Crippen molar-refractivity contribution in [2.75, 3.05) is 0 Å². The molecule has 3 rings (SSSR count). The molecule has 0 saturated heterocycles. The normalized spacial score (nSPS) is 12.1. The zero-order chi connectivity index (χ0) is 19.2. The molecule has 0 bridgehead atoms. The third-order valence-corrected chi connectivity index (χ3v) is 5.28. The van der Waals surface area contributed by atoms with E-state index in [-0.39, 0.29) is 11.0 Å². The van der Waals surface area contributed by atoms with Gasteiger partial charge in [0.1, 0.15) is 6.54 Å². The van der Waals surface area contributed by atoms with Crippen LogP contribution in [-0.2, 0) is 19.3 Å². The minimum absolute atomic E-state index is 0.0183. The smallest absolute Gasteiger partial charge is 0.268 e. The van der Waals surface area contributed by atoms with E-state index >= 15 is 0 Å². The average Bonchev–Trinajstić information content (AvgIpc) is 3.19. The summed E-state index contributed by atoms with van der Waals surface area (Å²) in [7, 11) is 0. The Morgan fingerprint density at radius 1 is 1.23 bits per heavy atom. The van der Waals surface area contributed by atoms with Gasteiger partial charge in [0.25, 0.3) is 0 Å². The molecular weight excluding hydrogens is 435 g/mol. The minimum atomic E-state index is -4.54. The Balaban J connectivity index is 2.06. The highest BCUT2D eigenvalue weighted by molar-refractivity contribution is 9.10. The Morgan fingerprint density at radius 3 is 2.46 bits per heavy atom. The monoisotopic (exact) mass is 449 g/mol. The maximum atomic E-state index is 13.1. The summed E-state index contributed by atoms with van der Waals surface area (Å²) >= 11 is 8.26. The summed E-state index contributed by atoms with van der Waals surface area (Å²) in [5.74, 6) is 0.431. The van der Waals surface area contributed by atoms with E-state index in [2.05, 4.69) is 36.3 Å². The number of nitrogens with one attached hydrogen (secondary N) is 1. The maximum Gasteiger partial charge on any atom is 0.436 e. The number of hydrogen-bond acceptors (Lipinski definition) is 4. The van der Waals surface area contributed by atoms with Gasteiger partial charge >= 0.3 is 6.18 Å². The van der Waals surface area contributed by atoms with Gasteiger partial charge in [-0.1, -0.05) is 0 Å². The molecule has 7 nitrogen and oxygen atoms in total. The summed E-state index contributed by atoms with van der Waals surface area (Å²) in [6, 6.07) is 0. The molecule has 0 aromatic carbocycles. The highest BCUT2D eigenvalue weighted by Gasteiger charge is 2.38. The predicted molar refractivity (Wildman–Crippen MR) is 93.7 cm³/mol. The van der Waals surface area contributed by atoms with E-state index in [4.69, 9.17) is 12.2 Å². The van der Waals surface area contributed by atoms with Crippen LogP contribution < -0.4 is 0 Å². The molecule has 3 heterocycles. The molecule has 3 aromatic rings. The first-order valence-corrected chi connectivity index (χ1v) is 8.84. The highest BCUT2D eigenvalue weighted by Crippen LogP contribution is 2.35. The van der Waals surface area contributed by atoms with Crippen molar-refractivity contribution in [1.82, 2.24) is 34.3 Å². The fourth-order valence-corrected chi connectivity index (χ4v) is 3.41. The SMILES string of the molecule is CCn1ncc(-n2c(Cn3nc(C(F)(F)F)c(Br)c3C)n[nH]c2=S)c1C. The van der Waals surface area contributed by atoms with E-state index in [1.807, 2.05) is 13.8 Å². The van der Waals surface area contributed by atoms with Crippen molar-refractivity contribution in [3.63, 3.8) is 0 Å². The Labute approximate surface area is 159 Å². The largest absolute Gasteiger partial charge is 0.436 e. The van der Waals surface area contributed by atoms with Crippen molar-refractivity contribution in [3.8, 4) is 5.69 Å². The molecule has 0 aliphatic carbocycles. The quantitative estimate of drug-likeness (QED) is 0.615. The van der Waals surface area contributed by atoms with Crippen molar-refractivity contribution in [2.24, 2.45) is 0 Å². The van der Waals surface area contributed by atoms with E-state index < -0.39 is 11.9 Å². The van der Waals surface area contributed by atoms with E-state index in [0.717, 1.165) is 11.4 Å². The molecule has 1 N–H and O–H groups in total. The van der Waals surface area contributed by atoms with Crippen LogP contribution in [0.25, 0.3) is 5.69 Å². The second-order valence-electron chi connectivity index (χ2n) is 5.61. The molecule has 0 fully saturated rings. The van der Waals surface area contributed by atoms with Gasteiger partial charge in [-0.2, -0.15) is 28.5 Å². The number of H-pyrrole nitrogens is 1. The first-order chi connectivity index (χ1) is 12.1. The van der Waals surface area contributed by atoms with Crippen LogP contribution in [-0.4, -0.2) is 34.3 Å². The molecular formula is C14H15BrF3N7S. The fraction of sp³-hybridized carbons (Fsp3) is 0.429. The summed E-state index contributed by atoms with van der Waals surface area (Å²) in [4.78, 5) is 0. The van der Waals surface area contributed by atoms with Crippen LogP contribution >= 0.6 is 28.1 Å². The zero-order valence-corrected chi connectivity index (χ0v) is 16.5. The molecule has 12 heteroatoms. The molecule has 3 aromatic heterocycles. The standard InChI is InChI=1S/C14H15BrF3N7S/c1-4-23-7(2)9(5-19-23)25-10(20-21-13(25)26)6-24-8(3)11(15)12(22-24)14(16,17)18/h5H,4,6H2,1-3H3,(H,21,26). The number of aromatic amines is 1. The van der Waals surface area contributed by atoms with Gasteiger partial charge in [0, 0.05) is 6.54 Å². The van der Waals surface area contributed by atoms with Crippen LogP contribution in [0.1, 0.15) is 29.8 Å². The van der Waals surface area contributed by atoms with Crippen molar-refractivity contribution < 1.29 is 13.2 Å². The van der Waals surface area contributed by atoms with Crippen molar-refractivity contribution in [1.29, 1.82) is 0 Å². The number of hydrogen-bond donors (Lipinski definition) is 1. The van der Waals surface area contributed by atoms with Gasteiger partial charge in [-0.05, 0) is 48.9 Å². The molecule has 0 amide bonds. The van der Waals surface area contributed by atoms with Crippen molar-refractivity contribution in [3.05, 3.63) is 38.3 Å². The molecule has 26 heavy (non-hydrogen) atoms. The van der Waals surface area contributed by atoms with Gasteiger partial charge in [-0.3, -0.25) is 19.0 Å². The van der Waals surface area contributed by atoms with E-state index in [0.29, 0.717) is 22.8 Å². The van der Waals surface area contributed by atoms with E-state index in [9.17, 15) is 13.2 Å². The summed E-state index contributed by atoms with van der Waals surface area (Å²) in [5, 5.41) is 14.8. The van der Waals surface area contributed by atoms with Gasteiger partial charge < -0.3 is 0 Å². The molecule has 0 aliphatic rings. The van der Waals surface area contributed by atoms with Gasteiger partial charge in [0.15, 0.2) is 16.3 Å². The Bertz CT molecular complexity index is 1010. The lowest BCUT2D eigenvalue weighted by Crippen LogP contribution is -2.12. The van der Waals surface area contributed by atoms with E-state index in [1.54, 1.807) is 22.4 Å². The average molecular weight is 450 g/mol. The first kappa shape index (κ1) is 18.8. The van der Waals surface area contributed by atoms with Gasteiger partial charge in [0.05, 0.1) is 27.7 Å². The number of rotatable bonds is 4. The number of nitrogens with zero attached hydrogens (tertiary/aromatic N) is 6. The fourth-order valence-electron chi connectivity index (χ4n) is 2.65. The van der Waals surface area contributed by atoms with Gasteiger partial charge in [-0.25, -0.2) is 0 Å². The number of halogens is 4. The van der Waals surface area contributed by atoms with Gasteiger partial charge in [-0.15, -0.1) is 0 Å². The number of aromatic nitrogens is 7. The predicted octanol–water partition coefficient (Wildman–Crippen LogP) is 3.79. The third-order valence-electron chi connectivity index (χ3n) is 4.05. The van der Waals surface area contributed by atoms with E-state index in [1.165, 1.54) is 4.68 Å². The Morgan fingerprint density at radius 2 is 1.92 bits per heavy atom. The lowest BCUT2D eigenvalue weighted by Gasteiger charge is -2.08. The molecule has 0 unspecified atom stereocenters. The van der Waals surface area contributed by atoms with Crippen LogP contribution in [0.3, 0.4) is 0 Å². The first-order valence-electron chi connectivity index (χ1n) is 7.64. The Kier molecular flexibility index (Phi) is 4.82. The number of aryl methyl sites for hydroxylation is 1. The third kappa shape index (κ3) is 3.11. The maximum absolute atomic E-state index is 13.1. The molecule has 0 spiro atoms. The summed E-state index contributed by atoms with van der Waals surface area (Å²) in [5.41, 5.74) is 0.977. The lowest BCUT2D eigenvalue weighted by molar-refractivity contribution is -0.142. The molecule has 0 aliphatic heterocycles. The number of alkyl halides is 3. The summed E-state index contributed by atoms with van der Waals surface area (Å²) < 4.78 is 44.1. The lowest BCUT2D eigenvalue weighted by atomic mass is 10.3. The summed E-state index contributed by atoms with van der Waals surface area (Å²) in [6.07, 6.45) is -2.89. The second-order valence-corrected chi connectivity index (χ2v) is 6.79.